The SMILES string of the molecule is CC(C)(Oc1ccc(F)cc1)C(=O)N1CCC[C@@H]1CO. The van der Waals surface area contributed by atoms with Gasteiger partial charge in [-0.3, -0.25) is 4.79 Å². The van der Waals surface area contributed by atoms with Crippen LogP contribution in [0.15, 0.2) is 24.3 Å². The Morgan fingerprint density at radius 2 is 2.10 bits per heavy atom. The van der Waals surface area contributed by atoms with Gasteiger partial charge in [-0.15, -0.1) is 0 Å². The van der Waals surface area contributed by atoms with Crippen molar-refractivity contribution < 1.29 is 19.0 Å². The average Bonchev–Trinajstić information content (AvgIpc) is 2.88. The van der Waals surface area contributed by atoms with Gasteiger partial charge in [0, 0.05) is 6.54 Å². The zero-order chi connectivity index (χ0) is 14.8. The first-order chi connectivity index (χ1) is 9.44. The van der Waals surface area contributed by atoms with Gasteiger partial charge in [-0.1, -0.05) is 0 Å². The van der Waals surface area contributed by atoms with Gasteiger partial charge < -0.3 is 14.7 Å². The van der Waals surface area contributed by atoms with Crippen molar-refractivity contribution in [3.05, 3.63) is 30.1 Å². The Hall–Kier alpha value is -1.62. The standard InChI is InChI=1S/C15H20FNO3/c1-15(2,20-13-7-5-11(16)6-8-13)14(19)17-9-3-4-12(17)10-18/h5-8,12,18H,3-4,9-10H2,1-2H3/t12-/m1/s1. The van der Waals surface area contributed by atoms with Gasteiger partial charge in [0.2, 0.25) is 0 Å². The fourth-order valence-electron chi connectivity index (χ4n) is 2.48. The molecule has 1 aromatic carbocycles. The number of rotatable bonds is 4. The first-order valence-electron chi connectivity index (χ1n) is 6.80. The number of hydrogen-bond donors (Lipinski definition) is 1. The third-order valence-corrected chi connectivity index (χ3v) is 3.55. The normalized spacial score (nSPS) is 19.2. The van der Waals surface area contributed by atoms with E-state index in [1.54, 1.807) is 18.7 Å². The number of likely N-dealkylation sites (tertiary alicyclic amines) is 1. The summed E-state index contributed by atoms with van der Waals surface area (Å²) in [5, 5.41) is 9.29. The van der Waals surface area contributed by atoms with E-state index in [-0.39, 0.29) is 24.4 Å². The quantitative estimate of drug-likeness (QED) is 0.918. The predicted octanol–water partition coefficient (Wildman–Crippen LogP) is 1.97. The van der Waals surface area contributed by atoms with Gasteiger partial charge in [0.25, 0.3) is 5.91 Å². The number of aliphatic hydroxyl groups excluding tert-OH is 1. The van der Waals surface area contributed by atoms with Crippen LogP contribution < -0.4 is 4.74 Å². The zero-order valence-electron chi connectivity index (χ0n) is 11.8. The van der Waals surface area contributed by atoms with Crippen LogP contribution >= 0.6 is 0 Å². The van der Waals surface area contributed by atoms with E-state index in [1.807, 2.05) is 0 Å². The number of benzene rings is 1. The molecule has 1 aromatic rings. The van der Waals surface area contributed by atoms with Crippen LogP contribution in [0.25, 0.3) is 0 Å². The van der Waals surface area contributed by atoms with Crippen LogP contribution in [0, 0.1) is 5.82 Å². The van der Waals surface area contributed by atoms with E-state index in [9.17, 15) is 14.3 Å². The fourth-order valence-corrected chi connectivity index (χ4v) is 2.48. The summed E-state index contributed by atoms with van der Waals surface area (Å²) < 4.78 is 18.5. The average molecular weight is 281 g/mol. The molecule has 20 heavy (non-hydrogen) atoms. The molecule has 1 amide bonds. The number of aliphatic hydroxyl groups is 1. The number of carbonyl (C=O) groups is 1. The second-order valence-corrected chi connectivity index (χ2v) is 5.54. The monoisotopic (exact) mass is 281 g/mol. The predicted molar refractivity (Wildman–Crippen MR) is 72.9 cm³/mol. The van der Waals surface area contributed by atoms with Gasteiger partial charge >= 0.3 is 0 Å². The highest BCUT2D eigenvalue weighted by molar-refractivity contribution is 5.85. The molecule has 0 aliphatic carbocycles. The van der Waals surface area contributed by atoms with Crippen LogP contribution in [0.2, 0.25) is 0 Å². The molecule has 0 radical (unpaired) electrons. The van der Waals surface area contributed by atoms with E-state index in [0.29, 0.717) is 12.3 Å². The first-order valence-corrected chi connectivity index (χ1v) is 6.80. The molecule has 1 aliphatic heterocycles. The smallest absolute Gasteiger partial charge is 0.266 e. The van der Waals surface area contributed by atoms with Crippen LogP contribution in [0.5, 0.6) is 5.75 Å². The molecular weight excluding hydrogens is 261 g/mol. The summed E-state index contributed by atoms with van der Waals surface area (Å²) in [5.74, 6) is -0.0516. The molecule has 1 N–H and O–H groups in total. The summed E-state index contributed by atoms with van der Waals surface area (Å²) in [6, 6.07) is 5.46. The number of hydrogen-bond acceptors (Lipinski definition) is 3. The van der Waals surface area contributed by atoms with Crippen molar-refractivity contribution in [1.29, 1.82) is 0 Å². The number of ether oxygens (including phenoxy) is 1. The molecule has 0 aromatic heterocycles. The molecule has 2 rings (SSSR count). The molecule has 1 heterocycles. The van der Waals surface area contributed by atoms with Gasteiger partial charge in [-0.05, 0) is 51.0 Å². The second-order valence-electron chi connectivity index (χ2n) is 5.54. The molecular formula is C15H20FNO3. The molecule has 1 aliphatic rings. The minimum Gasteiger partial charge on any atom is -0.478 e. The largest absolute Gasteiger partial charge is 0.478 e. The summed E-state index contributed by atoms with van der Waals surface area (Å²) in [7, 11) is 0. The molecule has 4 nitrogen and oxygen atoms in total. The van der Waals surface area contributed by atoms with Crippen LogP contribution in [-0.4, -0.2) is 40.7 Å². The van der Waals surface area contributed by atoms with E-state index in [1.165, 1.54) is 24.3 Å². The Labute approximate surface area is 118 Å². The van der Waals surface area contributed by atoms with E-state index >= 15 is 0 Å². The lowest BCUT2D eigenvalue weighted by Crippen LogP contribution is -2.51. The molecule has 1 atom stereocenters. The topological polar surface area (TPSA) is 49.8 Å². The first kappa shape index (κ1) is 14.8. The Balaban J connectivity index is 2.09. The van der Waals surface area contributed by atoms with Gasteiger partial charge in [0.1, 0.15) is 11.6 Å². The maximum Gasteiger partial charge on any atom is 0.266 e. The Morgan fingerprint density at radius 1 is 1.45 bits per heavy atom. The summed E-state index contributed by atoms with van der Waals surface area (Å²) in [6.07, 6.45) is 1.71. The Bertz CT molecular complexity index is 473. The lowest BCUT2D eigenvalue weighted by atomic mass is 10.1. The Kier molecular flexibility index (Phi) is 4.28. The third kappa shape index (κ3) is 3.10. The summed E-state index contributed by atoms with van der Waals surface area (Å²) >= 11 is 0. The van der Waals surface area contributed by atoms with E-state index < -0.39 is 5.60 Å². The molecule has 0 saturated carbocycles. The lowest BCUT2D eigenvalue weighted by Gasteiger charge is -2.32. The minimum atomic E-state index is -1.05. The number of nitrogens with zero attached hydrogens (tertiary/aromatic N) is 1. The highest BCUT2D eigenvalue weighted by Gasteiger charge is 2.39. The van der Waals surface area contributed by atoms with Crippen molar-refractivity contribution in [3.63, 3.8) is 0 Å². The lowest BCUT2D eigenvalue weighted by molar-refractivity contribution is -0.147. The number of carbonyl (C=O) groups excluding carboxylic acids is 1. The van der Waals surface area contributed by atoms with Crippen LogP contribution in [0.3, 0.4) is 0 Å². The molecule has 0 spiro atoms. The molecule has 5 heteroatoms. The van der Waals surface area contributed by atoms with Gasteiger partial charge in [0.15, 0.2) is 5.60 Å². The maximum absolute atomic E-state index is 12.9. The van der Waals surface area contributed by atoms with Crippen LogP contribution in [0.4, 0.5) is 4.39 Å². The third-order valence-electron chi connectivity index (χ3n) is 3.55. The Morgan fingerprint density at radius 3 is 2.70 bits per heavy atom. The molecule has 1 saturated heterocycles. The van der Waals surface area contributed by atoms with Gasteiger partial charge in [0.05, 0.1) is 12.6 Å². The highest BCUT2D eigenvalue weighted by atomic mass is 19.1. The zero-order valence-corrected chi connectivity index (χ0v) is 11.8. The van der Waals surface area contributed by atoms with Crippen LogP contribution in [0.1, 0.15) is 26.7 Å². The minimum absolute atomic E-state index is 0.0294. The van der Waals surface area contributed by atoms with Crippen LogP contribution in [-0.2, 0) is 4.79 Å². The van der Waals surface area contributed by atoms with Crippen molar-refractivity contribution in [1.82, 2.24) is 4.90 Å². The van der Waals surface area contributed by atoms with Crippen molar-refractivity contribution in [2.75, 3.05) is 13.2 Å². The molecule has 0 bridgehead atoms. The summed E-state index contributed by atoms with van der Waals surface area (Å²) in [6.45, 7) is 3.98. The van der Waals surface area contributed by atoms with E-state index in [4.69, 9.17) is 4.74 Å². The summed E-state index contributed by atoms with van der Waals surface area (Å²) in [4.78, 5) is 14.2. The van der Waals surface area contributed by atoms with Crippen molar-refractivity contribution in [2.45, 2.75) is 38.3 Å². The molecule has 1 fully saturated rings. The second kappa shape index (κ2) is 5.79. The van der Waals surface area contributed by atoms with Crippen molar-refractivity contribution in [2.24, 2.45) is 0 Å². The molecule has 110 valence electrons. The van der Waals surface area contributed by atoms with Crippen molar-refractivity contribution in [3.8, 4) is 5.75 Å². The highest BCUT2D eigenvalue weighted by Crippen LogP contribution is 2.25. The fraction of sp³-hybridized carbons (Fsp3) is 0.533. The van der Waals surface area contributed by atoms with Gasteiger partial charge in [-0.2, -0.15) is 0 Å². The molecule has 0 unspecified atom stereocenters. The number of halogens is 1. The number of amides is 1. The van der Waals surface area contributed by atoms with E-state index in [2.05, 4.69) is 0 Å². The van der Waals surface area contributed by atoms with Gasteiger partial charge in [-0.25, -0.2) is 4.39 Å². The van der Waals surface area contributed by atoms with E-state index in [0.717, 1.165) is 12.8 Å². The van der Waals surface area contributed by atoms with Crippen molar-refractivity contribution >= 4 is 5.91 Å². The summed E-state index contributed by atoms with van der Waals surface area (Å²) in [5.41, 5.74) is -1.05. The maximum atomic E-state index is 12.9.